The zero-order valence-corrected chi connectivity index (χ0v) is 12.4. The van der Waals surface area contributed by atoms with Gasteiger partial charge in [0.15, 0.2) is 0 Å². The molecule has 0 unspecified atom stereocenters. The highest BCUT2D eigenvalue weighted by molar-refractivity contribution is 7.90. The molecular weight excluding hydrogens is 294 g/mol. The molecule has 21 heavy (non-hydrogen) atoms. The van der Waals surface area contributed by atoms with Crippen LogP contribution in [-0.4, -0.2) is 44.0 Å². The summed E-state index contributed by atoms with van der Waals surface area (Å²) in [5, 5.41) is 8.66. The van der Waals surface area contributed by atoms with Gasteiger partial charge in [0.2, 0.25) is 10.0 Å². The summed E-state index contributed by atoms with van der Waals surface area (Å²) in [5.41, 5.74) is 0.777. The average molecular weight is 313 g/mol. The fourth-order valence-corrected chi connectivity index (χ4v) is 3.90. The van der Waals surface area contributed by atoms with Crippen LogP contribution in [0.3, 0.4) is 0 Å². The van der Waals surface area contributed by atoms with E-state index < -0.39 is 27.3 Å². The first-order valence-electron chi connectivity index (χ1n) is 6.84. The van der Waals surface area contributed by atoms with E-state index in [1.165, 1.54) is 0 Å². The van der Waals surface area contributed by atoms with Crippen molar-refractivity contribution in [2.75, 3.05) is 13.2 Å². The highest BCUT2D eigenvalue weighted by Gasteiger charge is 2.32. The maximum atomic E-state index is 12.3. The predicted octanol–water partition coefficient (Wildman–Crippen LogP) is 0.781. The summed E-state index contributed by atoms with van der Waals surface area (Å²) >= 11 is 0. The molecule has 0 amide bonds. The van der Waals surface area contributed by atoms with Crippen LogP contribution in [0.5, 0.6) is 0 Å². The minimum absolute atomic E-state index is 0.124. The molecule has 1 aliphatic rings. The van der Waals surface area contributed by atoms with Gasteiger partial charge in [0, 0.05) is 13.2 Å². The Balaban J connectivity index is 2.07. The van der Waals surface area contributed by atoms with Gasteiger partial charge in [0.1, 0.15) is 6.04 Å². The summed E-state index contributed by atoms with van der Waals surface area (Å²) in [5.74, 6) is -1.17. The highest BCUT2D eigenvalue weighted by Crippen LogP contribution is 2.16. The molecule has 2 N–H and O–H groups in total. The largest absolute Gasteiger partial charge is 0.480 e. The lowest BCUT2D eigenvalue weighted by Gasteiger charge is -2.24. The van der Waals surface area contributed by atoms with Gasteiger partial charge in [0.25, 0.3) is 0 Å². The summed E-state index contributed by atoms with van der Waals surface area (Å²) in [7, 11) is -3.66. The normalized spacial score (nSPS) is 18.3. The van der Waals surface area contributed by atoms with Crippen LogP contribution in [0.25, 0.3) is 0 Å². The second-order valence-electron chi connectivity index (χ2n) is 5.06. The van der Waals surface area contributed by atoms with E-state index in [2.05, 4.69) is 4.72 Å². The molecule has 1 aromatic rings. The molecule has 1 aliphatic heterocycles. The maximum Gasteiger partial charge on any atom is 0.322 e. The van der Waals surface area contributed by atoms with Gasteiger partial charge < -0.3 is 9.84 Å². The summed E-state index contributed by atoms with van der Waals surface area (Å²) in [6, 6.07) is 7.81. The molecule has 1 fully saturated rings. The van der Waals surface area contributed by atoms with Crippen LogP contribution in [0.1, 0.15) is 18.4 Å². The molecule has 0 bridgehead atoms. The van der Waals surface area contributed by atoms with Gasteiger partial charge >= 0.3 is 5.97 Å². The first-order valence-corrected chi connectivity index (χ1v) is 8.39. The van der Waals surface area contributed by atoms with E-state index in [4.69, 9.17) is 4.74 Å². The first kappa shape index (κ1) is 15.9. The summed E-state index contributed by atoms with van der Waals surface area (Å²) in [6.45, 7) is 0.782. The number of ether oxygens (including phenoxy) is 1. The number of hydrogen-bond donors (Lipinski definition) is 2. The van der Waals surface area contributed by atoms with Crippen molar-refractivity contribution >= 4 is 16.0 Å². The van der Waals surface area contributed by atoms with Gasteiger partial charge in [0.05, 0.1) is 5.25 Å². The molecule has 7 heteroatoms. The Morgan fingerprint density at radius 1 is 1.29 bits per heavy atom. The molecule has 0 aliphatic carbocycles. The van der Waals surface area contributed by atoms with Crippen LogP contribution in [0.2, 0.25) is 0 Å². The van der Waals surface area contributed by atoms with E-state index in [1.54, 1.807) is 24.3 Å². The molecule has 0 spiro atoms. The lowest BCUT2D eigenvalue weighted by molar-refractivity contribution is -0.138. The predicted molar refractivity (Wildman–Crippen MR) is 77.5 cm³/mol. The molecule has 0 aromatic heterocycles. The van der Waals surface area contributed by atoms with Crippen molar-refractivity contribution in [3.8, 4) is 0 Å². The molecule has 1 atom stereocenters. The number of rotatable bonds is 6. The number of nitrogens with one attached hydrogen (secondary N) is 1. The number of hydrogen-bond acceptors (Lipinski definition) is 4. The van der Waals surface area contributed by atoms with Gasteiger partial charge in [-0.1, -0.05) is 30.3 Å². The fourth-order valence-electron chi connectivity index (χ4n) is 2.31. The quantitative estimate of drug-likeness (QED) is 0.809. The molecule has 1 saturated heterocycles. The molecule has 116 valence electrons. The number of aliphatic carboxylic acids is 1. The number of carboxylic acid groups (broad SMARTS) is 1. The van der Waals surface area contributed by atoms with Crippen molar-refractivity contribution < 1.29 is 23.1 Å². The Morgan fingerprint density at radius 3 is 2.48 bits per heavy atom. The van der Waals surface area contributed by atoms with Gasteiger partial charge in [-0.2, -0.15) is 0 Å². The van der Waals surface area contributed by atoms with Crippen molar-refractivity contribution in [1.29, 1.82) is 0 Å². The zero-order chi connectivity index (χ0) is 15.3. The van der Waals surface area contributed by atoms with E-state index in [1.807, 2.05) is 6.07 Å². The van der Waals surface area contributed by atoms with E-state index in [-0.39, 0.29) is 6.42 Å². The summed E-state index contributed by atoms with van der Waals surface area (Å²) in [4.78, 5) is 11.3. The van der Waals surface area contributed by atoms with Crippen LogP contribution in [0, 0.1) is 0 Å². The fraction of sp³-hybridized carbons (Fsp3) is 0.500. The molecule has 2 rings (SSSR count). The lowest BCUT2D eigenvalue weighted by atomic mass is 10.1. The van der Waals surface area contributed by atoms with Gasteiger partial charge in [-0.05, 0) is 24.8 Å². The maximum absolute atomic E-state index is 12.3. The lowest BCUT2D eigenvalue weighted by Crippen LogP contribution is -2.47. The van der Waals surface area contributed by atoms with E-state index in [0.29, 0.717) is 26.1 Å². The Labute approximate surface area is 124 Å². The van der Waals surface area contributed by atoms with Crippen LogP contribution >= 0.6 is 0 Å². The van der Waals surface area contributed by atoms with Crippen molar-refractivity contribution in [3.63, 3.8) is 0 Å². The third kappa shape index (κ3) is 4.52. The van der Waals surface area contributed by atoms with E-state index in [9.17, 15) is 18.3 Å². The zero-order valence-electron chi connectivity index (χ0n) is 11.6. The summed E-state index contributed by atoms with van der Waals surface area (Å²) in [6.07, 6.45) is 0.915. The molecule has 0 radical (unpaired) electrons. The van der Waals surface area contributed by atoms with Gasteiger partial charge in [-0.3, -0.25) is 4.79 Å². The Bertz CT molecular complexity index is 566. The van der Waals surface area contributed by atoms with Gasteiger partial charge in [-0.15, -0.1) is 0 Å². The number of carbonyl (C=O) groups is 1. The SMILES string of the molecule is O=C(O)[C@@H](Cc1ccccc1)NS(=O)(=O)C1CCOCC1. The Hall–Kier alpha value is -1.44. The molecule has 1 heterocycles. The van der Waals surface area contributed by atoms with E-state index in [0.717, 1.165) is 5.56 Å². The van der Waals surface area contributed by atoms with Crippen LogP contribution in [0.4, 0.5) is 0 Å². The van der Waals surface area contributed by atoms with Crippen molar-refractivity contribution in [2.24, 2.45) is 0 Å². The van der Waals surface area contributed by atoms with Gasteiger partial charge in [-0.25, -0.2) is 13.1 Å². The average Bonchev–Trinajstić information content (AvgIpc) is 2.48. The molecule has 6 nitrogen and oxygen atoms in total. The number of benzene rings is 1. The molecule has 0 saturated carbocycles. The Morgan fingerprint density at radius 2 is 1.90 bits per heavy atom. The number of sulfonamides is 1. The number of carboxylic acids is 1. The van der Waals surface area contributed by atoms with Crippen molar-refractivity contribution in [2.45, 2.75) is 30.6 Å². The minimum atomic E-state index is -3.66. The van der Waals surface area contributed by atoms with Crippen molar-refractivity contribution in [1.82, 2.24) is 4.72 Å². The first-order chi connectivity index (χ1) is 9.99. The second-order valence-corrected chi connectivity index (χ2v) is 7.05. The van der Waals surface area contributed by atoms with Crippen LogP contribution < -0.4 is 4.72 Å². The third-order valence-corrected chi connectivity index (χ3v) is 5.46. The van der Waals surface area contributed by atoms with Crippen LogP contribution in [0.15, 0.2) is 30.3 Å². The summed E-state index contributed by atoms with van der Waals surface area (Å²) < 4.78 is 32.0. The monoisotopic (exact) mass is 313 g/mol. The Kier molecular flexibility index (Phi) is 5.33. The minimum Gasteiger partial charge on any atom is -0.480 e. The smallest absolute Gasteiger partial charge is 0.322 e. The van der Waals surface area contributed by atoms with E-state index >= 15 is 0 Å². The van der Waals surface area contributed by atoms with Crippen molar-refractivity contribution in [3.05, 3.63) is 35.9 Å². The third-order valence-electron chi connectivity index (χ3n) is 3.49. The molecule has 1 aromatic carbocycles. The topological polar surface area (TPSA) is 92.7 Å². The second kappa shape index (κ2) is 7.02. The standard InChI is InChI=1S/C14H19NO5S/c16-14(17)13(10-11-4-2-1-3-5-11)15-21(18,19)12-6-8-20-9-7-12/h1-5,12-13,15H,6-10H2,(H,16,17)/t13-/m1/s1. The molecular formula is C14H19NO5S. The highest BCUT2D eigenvalue weighted by atomic mass is 32.2. The van der Waals surface area contributed by atoms with Crippen LogP contribution in [-0.2, 0) is 26.0 Å².